The third-order valence-electron chi connectivity index (χ3n) is 6.23. The van der Waals surface area contributed by atoms with Gasteiger partial charge in [-0.25, -0.2) is 26.8 Å². The summed E-state index contributed by atoms with van der Waals surface area (Å²) in [5.41, 5.74) is 4.02. The Kier molecular flexibility index (Phi) is 7.88. The minimum absolute atomic E-state index is 0.0987. The van der Waals surface area contributed by atoms with Crippen LogP contribution in [0.25, 0.3) is 22.2 Å². The normalized spacial score (nSPS) is 11.9. The Balaban J connectivity index is 1.33. The monoisotopic (exact) mass is 573 g/mol. The number of benzene rings is 3. The van der Waals surface area contributed by atoms with Crippen molar-refractivity contribution in [2.45, 2.75) is 16.3 Å². The van der Waals surface area contributed by atoms with E-state index in [0.717, 1.165) is 22.2 Å². The SMILES string of the molecule is CS(=O)(=O)CCNCc1ccc(-c2cc3c(Nc4ccc(S(=O)(=O)c5ccccc5)cc4)ncnc3cn2)cc1. The van der Waals surface area contributed by atoms with Crippen molar-refractivity contribution < 1.29 is 16.8 Å². The molecule has 2 heterocycles. The van der Waals surface area contributed by atoms with Crippen molar-refractivity contribution in [1.82, 2.24) is 20.3 Å². The average molecular weight is 574 g/mol. The Hall–Kier alpha value is -4.19. The highest BCUT2D eigenvalue weighted by atomic mass is 32.2. The van der Waals surface area contributed by atoms with Crippen molar-refractivity contribution in [3.8, 4) is 11.3 Å². The van der Waals surface area contributed by atoms with Gasteiger partial charge >= 0.3 is 0 Å². The van der Waals surface area contributed by atoms with E-state index in [2.05, 4.69) is 25.6 Å². The van der Waals surface area contributed by atoms with Crippen LogP contribution >= 0.6 is 0 Å². The maximum Gasteiger partial charge on any atom is 0.206 e. The van der Waals surface area contributed by atoms with Gasteiger partial charge in [0.15, 0.2) is 0 Å². The second-order valence-electron chi connectivity index (χ2n) is 9.28. The fraction of sp³-hybridized carbons (Fsp3) is 0.138. The lowest BCUT2D eigenvalue weighted by molar-refractivity contribution is 0.594. The number of rotatable bonds is 10. The van der Waals surface area contributed by atoms with Crippen LogP contribution in [0.4, 0.5) is 11.5 Å². The van der Waals surface area contributed by atoms with E-state index in [1.807, 2.05) is 30.3 Å². The molecule has 3 aromatic carbocycles. The summed E-state index contributed by atoms with van der Waals surface area (Å²) in [7, 11) is -6.60. The molecule has 2 N–H and O–H groups in total. The zero-order chi connectivity index (χ0) is 28.2. The van der Waals surface area contributed by atoms with Crippen LogP contribution in [0.2, 0.25) is 0 Å². The molecule has 11 heteroatoms. The van der Waals surface area contributed by atoms with Gasteiger partial charge in [-0.3, -0.25) is 4.98 Å². The van der Waals surface area contributed by atoms with Crippen molar-refractivity contribution in [1.29, 1.82) is 0 Å². The van der Waals surface area contributed by atoms with Gasteiger partial charge in [-0.2, -0.15) is 0 Å². The molecule has 0 unspecified atom stereocenters. The first kappa shape index (κ1) is 27.4. The summed E-state index contributed by atoms with van der Waals surface area (Å²) in [6.45, 7) is 0.961. The van der Waals surface area contributed by atoms with Crippen LogP contribution in [-0.4, -0.2) is 50.3 Å². The quantitative estimate of drug-likeness (QED) is 0.233. The van der Waals surface area contributed by atoms with Crippen LogP contribution in [0.5, 0.6) is 0 Å². The number of nitrogens with zero attached hydrogens (tertiary/aromatic N) is 3. The first-order chi connectivity index (χ1) is 19.2. The molecule has 0 radical (unpaired) electrons. The Labute approximate surface area is 233 Å². The van der Waals surface area contributed by atoms with Gasteiger partial charge in [0, 0.05) is 36.0 Å². The highest BCUT2D eigenvalue weighted by molar-refractivity contribution is 7.91. The highest BCUT2D eigenvalue weighted by Crippen LogP contribution is 2.28. The number of nitrogens with one attached hydrogen (secondary N) is 2. The van der Waals surface area contributed by atoms with Crippen molar-refractivity contribution >= 4 is 42.1 Å². The fourth-order valence-corrected chi connectivity index (χ4v) is 5.89. The Morgan fingerprint density at radius 2 is 1.48 bits per heavy atom. The van der Waals surface area contributed by atoms with E-state index in [9.17, 15) is 16.8 Å². The Morgan fingerprint density at radius 1 is 0.775 bits per heavy atom. The molecule has 5 rings (SSSR count). The molecule has 0 aliphatic rings. The van der Waals surface area contributed by atoms with E-state index >= 15 is 0 Å². The summed E-state index contributed by atoms with van der Waals surface area (Å²) in [6, 6.07) is 24.6. The third kappa shape index (κ3) is 6.50. The van der Waals surface area contributed by atoms with Gasteiger partial charge in [-0.05, 0) is 48.0 Å². The maximum atomic E-state index is 12.9. The summed E-state index contributed by atoms with van der Waals surface area (Å²) in [5.74, 6) is 0.667. The molecule has 5 aromatic rings. The van der Waals surface area contributed by atoms with Crippen molar-refractivity contribution in [2.24, 2.45) is 0 Å². The number of aromatic nitrogens is 3. The zero-order valence-corrected chi connectivity index (χ0v) is 23.3. The van der Waals surface area contributed by atoms with E-state index in [4.69, 9.17) is 0 Å². The molecular weight excluding hydrogens is 546 g/mol. The van der Waals surface area contributed by atoms with E-state index < -0.39 is 19.7 Å². The molecule has 0 bridgehead atoms. The van der Waals surface area contributed by atoms with Crippen molar-refractivity contribution in [3.63, 3.8) is 0 Å². The highest BCUT2D eigenvalue weighted by Gasteiger charge is 2.17. The van der Waals surface area contributed by atoms with Crippen LogP contribution in [0, 0.1) is 0 Å². The lowest BCUT2D eigenvalue weighted by atomic mass is 10.1. The summed E-state index contributed by atoms with van der Waals surface area (Å²) in [6.07, 6.45) is 4.36. The summed E-state index contributed by atoms with van der Waals surface area (Å²) >= 11 is 0. The van der Waals surface area contributed by atoms with Gasteiger partial charge in [-0.15, -0.1) is 0 Å². The van der Waals surface area contributed by atoms with Crippen LogP contribution in [0.1, 0.15) is 5.56 Å². The number of sulfone groups is 2. The Morgan fingerprint density at radius 3 is 2.17 bits per heavy atom. The van der Waals surface area contributed by atoms with Crippen molar-refractivity contribution in [2.75, 3.05) is 23.9 Å². The van der Waals surface area contributed by atoms with E-state index in [1.54, 1.807) is 60.8 Å². The molecule has 0 atom stereocenters. The van der Waals surface area contributed by atoms with Gasteiger partial charge in [0.2, 0.25) is 9.84 Å². The lowest BCUT2D eigenvalue weighted by Crippen LogP contribution is -2.21. The molecule has 9 nitrogen and oxygen atoms in total. The van der Waals surface area contributed by atoms with E-state index in [-0.39, 0.29) is 15.5 Å². The average Bonchev–Trinajstić information content (AvgIpc) is 2.96. The predicted molar refractivity (Wildman–Crippen MR) is 156 cm³/mol. The molecule has 0 saturated heterocycles. The molecule has 0 saturated carbocycles. The van der Waals surface area contributed by atoms with Gasteiger partial charge < -0.3 is 10.6 Å². The van der Waals surface area contributed by atoms with Gasteiger partial charge in [0.1, 0.15) is 22.0 Å². The van der Waals surface area contributed by atoms with Crippen LogP contribution in [0.3, 0.4) is 0 Å². The van der Waals surface area contributed by atoms with E-state index in [1.165, 1.54) is 12.6 Å². The summed E-state index contributed by atoms with van der Waals surface area (Å²) < 4.78 is 48.4. The lowest BCUT2D eigenvalue weighted by Gasteiger charge is -2.11. The van der Waals surface area contributed by atoms with Crippen LogP contribution < -0.4 is 10.6 Å². The molecule has 204 valence electrons. The minimum Gasteiger partial charge on any atom is -0.340 e. The van der Waals surface area contributed by atoms with Gasteiger partial charge in [0.05, 0.1) is 33.0 Å². The molecule has 0 aliphatic heterocycles. The molecule has 2 aromatic heterocycles. The molecule has 0 spiro atoms. The fourth-order valence-electron chi connectivity index (χ4n) is 4.09. The molecule has 0 aliphatic carbocycles. The second kappa shape index (κ2) is 11.5. The maximum absolute atomic E-state index is 12.9. The molecule has 0 fully saturated rings. The Bertz CT molecular complexity index is 1850. The topological polar surface area (TPSA) is 131 Å². The summed E-state index contributed by atoms with van der Waals surface area (Å²) in [4.78, 5) is 13.7. The first-order valence-corrected chi connectivity index (χ1v) is 16.0. The zero-order valence-electron chi connectivity index (χ0n) is 21.7. The van der Waals surface area contributed by atoms with E-state index in [0.29, 0.717) is 30.1 Å². The number of anilines is 2. The summed E-state index contributed by atoms with van der Waals surface area (Å²) in [5, 5.41) is 7.17. The second-order valence-corrected chi connectivity index (χ2v) is 13.5. The largest absolute Gasteiger partial charge is 0.340 e. The molecule has 0 amide bonds. The molecular formula is C29H27N5O4S2. The van der Waals surface area contributed by atoms with Gasteiger partial charge in [0.25, 0.3) is 0 Å². The number of pyridine rings is 1. The number of hydrogen-bond donors (Lipinski definition) is 2. The van der Waals surface area contributed by atoms with Crippen LogP contribution in [0.15, 0.2) is 107 Å². The third-order valence-corrected chi connectivity index (χ3v) is 8.96. The molecule has 40 heavy (non-hydrogen) atoms. The first-order valence-electron chi connectivity index (χ1n) is 12.4. The minimum atomic E-state index is -3.61. The van der Waals surface area contributed by atoms with Gasteiger partial charge in [-0.1, -0.05) is 42.5 Å². The number of fused-ring (bicyclic) bond motifs is 1. The smallest absolute Gasteiger partial charge is 0.206 e. The number of hydrogen-bond acceptors (Lipinski definition) is 9. The standard InChI is InChI=1S/C29H27N5O4S2/c1-39(35,36)16-15-30-18-21-7-9-22(10-8-21)27-17-26-28(19-31-27)32-20-33-29(26)34-23-11-13-25(14-12-23)40(37,38)24-5-3-2-4-6-24/h2-14,17,19-20,30H,15-16,18H2,1H3,(H,32,33,34). The predicted octanol–water partition coefficient (Wildman–Crippen LogP) is 4.40. The van der Waals surface area contributed by atoms with Crippen LogP contribution in [-0.2, 0) is 26.2 Å². The van der Waals surface area contributed by atoms with Crippen molar-refractivity contribution in [3.05, 3.63) is 103 Å².